The molecule has 22 heavy (non-hydrogen) atoms. The molecule has 0 spiro atoms. The smallest absolute Gasteiger partial charge is 0.145 e. The van der Waals surface area contributed by atoms with Crippen molar-refractivity contribution in [2.45, 2.75) is 6.92 Å². The lowest BCUT2D eigenvalue weighted by molar-refractivity contribution is 1.05. The molecule has 0 bridgehead atoms. The maximum absolute atomic E-state index is 4.75. The van der Waals surface area contributed by atoms with Crippen molar-refractivity contribution in [2.24, 2.45) is 0 Å². The first-order valence-electron chi connectivity index (χ1n) is 7.24. The summed E-state index contributed by atoms with van der Waals surface area (Å²) in [6.45, 7) is 9.89. The zero-order valence-electron chi connectivity index (χ0n) is 12.7. The molecule has 2 heteroatoms. The third-order valence-electron chi connectivity index (χ3n) is 3.65. The Labute approximate surface area is 131 Å². The molecule has 1 heterocycles. The highest BCUT2D eigenvalue weighted by Gasteiger charge is 2.15. The molecule has 0 amide bonds. The highest BCUT2D eigenvalue weighted by molar-refractivity contribution is 5.69. The lowest BCUT2D eigenvalue weighted by Crippen LogP contribution is -1.99. The zero-order valence-corrected chi connectivity index (χ0v) is 12.7. The van der Waals surface area contributed by atoms with Gasteiger partial charge in [-0.25, -0.2) is 4.98 Å². The van der Waals surface area contributed by atoms with Crippen LogP contribution in [0.4, 0.5) is 0 Å². The van der Waals surface area contributed by atoms with Crippen LogP contribution >= 0.6 is 0 Å². The van der Waals surface area contributed by atoms with E-state index in [1.54, 1.807) is 6.08 Å². The normalized spacial score (nSPS) is 10.4. The van der Waals surface area contributed by atoms with Crippen LogP contribution in [0.15, 0.2) is 67.8 Å². The number of hydrogen-bond acceptors (Lipinski definition) is 1. The molecule has 3 rings (SSSR count). The molecule has 108 valence electrons. The molecular weight excluding hydrogens is 268 g/mol. The Balaban J connectivity index is 2.30. The van der Waals surface area contributed by atoms with E-state index in [1.807, 2.05) is 24.3 Å². The summed E-state index contributed by atoms with van der Waals surface area (Å²) in [5.74, 6) is 0.899. The molecule has 0 N–H and O–H groups in total. The summed E-state index contributed by atoms with van der Waals surface area (Å²) in [5.41, 5.74) is 5.17. The Bertz CT molecular complexity index is 809. The van der Waals surface area contributed by atoms with Crippen LogP contribution < -0.4 is 0 Å². The summed E-state index contributed by atoms with van der Waals surface area (Å²) in [6.07, 6.45) is 3.60. The Hall–Kier alpha value is -2.87. The second kappa shape index (κ2) is 5.86. The molecule has 0 aliphatic carbocycles. The van der Waals surface area contributed by atoms with E-state index in [2.05, 4.69) is 61.0 Å². The van der Waals surface area contributed by atoms with Crippen LogP contribution in [0.2, 0.25) is 0 Å². The fourth-order valence-electron chi connectivity index (χ4n) is 2.53. The Morgan fingerprint density at radius 3 is 2.18 bits per heavy atom. The fourth-order valence-corrected chi connectivity index (χ4v) is 2.53. The SMILES string of the molecule is C=Cc1nc(-c2ccc(C)cc2)n(-c2ccccc2)c1C=C. The van der Waals surface area contributed by atoms with Gasteiger partial charge in [-0.2, -0.15) is 0 Å². The van der Waals surface area contributed by atoms with Crippen molar-refractivity contribution in [2.75, 3.05) is 0 Å². The maximum atomic E-state index is 4.75. The van der Waals surface area contributed by atoms with Gasteiger partial charge in [-0.1, -0.05) is 61.2 Å². The number of para-hydroxylation sites is 1. The summed E-state index contributed by atoms with van der Waals surface area (Å²) in [7, 11) is 0. The van der Waals surface area contributed by atoms with Crippen LogP contribution in [0.25, 0.3) is 29.2 Å². The standard InChI is InChI=1S/C20H18N2/c1-4-18-19(5-2)22(17-9-7-6-8-10-17)20(21-18)16-13-11-15(3)12-14-16/h4-14H,1-2H2,3H3. The van der Waals surface area contributed by atoms with E-state index >= 15 is 0 Å². The molecule has 3 aromatic rings. The van der Waals surface area contributed by atoms with Crippen molar-refractivity contribution < 1.29 is 0 Å². The molecule has 0 aliphatic rings. The largest absolute Gasteiger partial charge is 0.292 e. The van der Waals surface area contributed by atoms with Gasteiger partial charge < -0.3 is 0 Å². The molecule has 2 aromatic carbocycles. The van der Waals surface area contributed by atoms with E-state index in [1.165, 1.54) is 5.56 Å². The van der Waals surface area contributed by atoms with Crippen LogP contribution in [0.1, 0.15) is 17.0 Å². The molecule has 0 fully saturated rings. The van der Waals surface area contributed by atoms with Gasteiger partial charge in [-0.15, -0.1) is 0 Å². The summed E-state index contributed by atoms with van der Waals surface area (Å²) in [4.78, 5) is 4.75. The topological polar surface area (TPSA) is 17.8 Å². The quantitative estimate of drug-likeness (QED) is 0.650. The summed E-state index contributed by atoms with van der Waals surface area (Å²) >= 11 is 0. The van der Waals surface area contributed by atoms with E-state index in [0.29, 0.717) is 0 Å². The van der Waals surface area contributed by atoms with Crippen molar-refractivity contribution in [1.82, 2.24) is 9.55 Å². The van der Waals surface area contributed by atoms with Gasteiger partial charge >= 0.3 is 0 Å². The number of aryl methyl sites for hydroxylation is 1. The maximum Gasteiger partial charge on any atom is 0.145 e. The lowest BCUT2D eigenvalue weighted by Gasteiger charge is -2.10. The van der Waals surface area contributed by atoms with Crippen LogP contribution in [0.5, 0.6) is 0 Å². The van der Waals surface area contributed by atoms with Crippen molar-refractivity contribution in [3.8, 4) is 17.1 Å². The van der Waals surface area contributed by atoms with Crippen molar-refractivity contribution in [3.63, 3.8) is 0 Å². The van der Waals surface area contributed by atoms with Gasteiger partial charge in [0.1, 0.15) is 5.82 Å². The van der Waals surface area contributed by atoms with Crippen molar-refractivity contribution in [3.05, 3.63) is 84.7 Å². The van der Waals surface area contributed by atoms with Crippen LogP contribution in [0, 0.1) is 6.92 Å². The summed E-state index contributed by atoms with van der Waals surface area (Å²) in [6, 6.07) is 18.6. The van der Waals surface area contributed by atoms with Gasteiger partial charge in [-0.05, 0) is 31.2 Å². The highest BCUT2D eigenvalue weighted by atomic mass is 15.1. The van der Waals surface area contributed by atoms with Gasteiger partial charge in [0.15, 0.2) is 0 Å². The average molecular weight is 286 g/mol. The molecule has 0 aliphatic heterocycles. The van der Waals surface area contributed by atoms with Gasteiger partial charge in [-0.3, -0.25) is 4.57 Å². The third kappa shape index (κ3) is 2.40. The van der Waals surface area contributed by atoms with E-state index in [9.17, 15) is 0 Å². The van der Waals surface area contributed by atoms with E-state index in [0.717, 1.165) is 28.5 Å². The predicted octanol–water partition coefficient (Wildman–Crippen LogP) is 5.13. The minimum absolute atomic E-state index is 0.842. The lowest BCUT2D eigenvalue weighted by atomic mass is 10.1. The number of hydrogen-bond donors (Lipinski definition) is 0. The Morgan fingerprint density at radius 1 is 0.909 bits per heavy atom. The molecule has 2 nitrogen and oxygen atoms in total. The van der Waals surface area contributed by atoms with Gasteiger partial charge in [0.2, 0.25) is 0 Å². The molecule has 0 saturated heterocycles. The molecule has 0 unspecified atom stereocenters. The van der Waals surface area contributed by atoms with Crippen molar-refractivity contribution in [1.29, 1.82) is 0 Å². The third-order valence-corrected chi connectivity index (χ3v) is 3.65. The summed E-state index contributed by atoms with van der Waals surface area (Å²) in [5, 5.41) is 0. The second-order valence-corrected chi connectivity index (χ2v) is 5.15. The second-order valence-electron chi connectivity index (χ2n) is 5.15. The Kier molecular flexibility index (Phi) is 3.75. The number of benzene rings is 2. The molecule has 0 atom stereocenters. The number of aromatic nitrogens is 2. The number of imidazole rings is 1. The fraction of sp³-hybridized carbons (Fsp3) is 0.0500. The minimum Gasteiger partial charge on any atom is -0.292 e. The van der Waals surface area contributed by atoms with Crippen LogP contribution in [0.3, 0.4) is 0 Å². The zero-order chi connectivity index (χ0) is 15.5. The highest BCUT2D eigenvalue weighted by Crippen LogP contribution is 2.28. The van der Waals surface area contributed by atoms with E-state index < -0.39 is 0 Å². The molecule has 0 saturated carbocycles. The van der Waals surface area contributed by atoms with Crippen LogP contribution in [-0.2, 0) is 0 Å². The first-order chi connectivity index (χ1) is 10.7. The number of rotatable bonds is 4. The van der Waals surface area contributed by atoms with Gasteiger partial charge in [0, 0.05) is 11.3 Å². The molecular formula is C20H18N2. The average Bonchev–Trinajstić information content (AvgIpc) is 2.95. The first-order valence-corrected chi connectivity index (χ1v) is 7.24. The summed E-state index contributed by atoms with van der Waals surface area (Å²) < 4.78 is 2.12. The van der Waals surface area contributed by atoms with Crippen molar-refractivity contribution >= 4 is 12.2 Å². The monoisotopic (exact) mass is 286 g/mol. The van der Waals surface area contributed by atoms with Gasteiger partial charge in [0.05, 0.1) is 11.4 Å². The van der Waals surface area contributed by atoms with Crippen LogP contribution in [-0.4, -0.2) is 9.55 Å². The molecule has 0 radical (unpaired) electrons. The number of nitrogens with zero attached hydrogens (tertiary/aromatic N) is 2. The first kappa shape index (κ1) is 14.1. The van der Waals surface area contributed by atoms with E-state index in [4.69, 9.17) is 4.98 Å². The van der Waals surface area contributed by atoms with Gasteiger partial charge in [0.25, 0.3) is 0 Å². The van der Waals surface area contributed by atoms with E-state index in [-0.39, 0.29) is 0 Å². The predicted molar refractivity (Wildman–Crippen MR) is 93.9 cm³/mol. The Morgan fingerprint density at radius 2 is 1.59 bits per heavy atom. The molecule has 1 aromatic heterocycles. The minimum atomic E-state index is 0.842.